The first-order chi connectivity index (χ1) is 15.3. The molecule has 2 heterocycles. The molecular weight excluding hydrogens is 420 g/mol. The molecular formula is C20H30N6O6. The minimum atomic E-state index is -0.972. The van der Waals surface area contributed by atoms with Crippen molar-refractivity contribution in [1.82, 2.24) is 19.9 Å². The van der Waals surface area contributed by atoms with Crippen LogP contribution in [0.2, 0.25) is 0 Å². The highest BCUT2D eigenvalue weighted by atomic mass is 16.4. The van der Waals surface area contributed by atoms with E-state index in [1.165, 1.54) is 12.7 Å². The Labute approximate surface area is 184 Å². The normalized spacial score (nSPS) is 12.3. The Kier molecular flexibility index (Phi) is 12.2. The van der Waals surface area contributed by atoms with Crippen LogP contribution in [-0.2, 0) is 32.0 Å². The average molecular weight is 450 g/mol. The number of aromatic amines is 2. The van der Waals surface area contributed by atoms with Crippen LogP contribution in [0.15, 0.2) is 25.0 Å². The molecule has 0 aliphatic rings. The molecule has 12 nitrogen and oxygen atoms in total. The Morgan fingerprint density at radius 2 is 1.16 bits per heavy atom. The number of H-pyrrole nitrogens is 2. The summed E-state index contributed by atoms with van der Waals surface area (Å²) in [5.74, 6) is -3.59. The zero-order chi connectivity index (χ0) is 23.9. The van der Waals surface area contributed by atoms with Gasteiger partial charge in [0.1, 0.15) is 11.6 Å². The van der Waals surface area contributed by atoms with E-state index in [0.717, 1.165) is 0 Å². The third-order valence-electron chi connectivity index (χ3n) is 4.54. The van der Waals surface area contributed by atoms with Crippen molar-refractivity contribution in [2.45, 2.75) is 38.5 Å². The molecule has 0 saturated carbocycles. The molecule has 12 heteroatoms. The maximum absolute atomic E-state index is 11.3. The van der Waals surface area contributed by atoms with Crippen molar-refractivity contribution in [1.29, 1.82) is 0 Å². The van der Waals surface area contributed by atoms with Crippen LogP contribution in [0, 0.1) is 11.8 Å². The number of aliphatic carboxylic acids is 2. The highest BCUT2D eigenvalue weighted by molar-refractivity contribution is 5.84. The van der Waals surface area contributed by atoms with Crippen molar-refractivity contribution in [3.63, 3.8) is 0 Å². The molecule has 2 rings (SSSR count). The maximum atomic E-state index is 11.3. The maximum Gasteiger partial charge on any atom is 0.307 e. The van der Waals surface area contributed by atoms with Crippen molar-refractivity contribution in [2.24, 2.45) is 23.3 Å². The van der Waals surface area contributed by atoms with Crippen LogP contribution in [0.25, 0.3) is 0 Å². The fourth-order valence-corrected chi connectivity index (χ4v) is 2.89. The van der Waals surface area contributed by atoms with Gasteiger partial charge in [0, 0.05) is 62.3 Å². The number of nitrogens with zero attached hydrogens (tertiary/aromatic N) is 2. The zero-order valence-electron chi connectivity index (χ0n) is 17.7. The molecule has 0 spiro atoms. The van der Waals surface area contributed by atoms with Crippen molar-refractivity contribution >= 4 is 23.5 Å². The zero-order valence-corrected chi connectivity index (χ0v) is 17.7. The number of ketones is 2. The molecule has 0 aliphatic heterocycles. The van der Waals surface area contributed by atoms with Crippen LogP contribution in [0.1, 0.15) is 37.1 Å². The molecule has 0 fully saturated rings. The molecule has 176 valence electrons. The Hall–Kier alpha value is -3.38. The number of hydrogen-bond acceptors (Lipinski definition) is 8. The first-order valence-electron chi connectivity index (χ1n) is 10.1. The summed E-state index contributed by atoms with van der Waals surface area (Å²) in [6.45, 7) is 0.518. The molecule has 2 unspecified atom stereocenters. The van der Waals surface area contributed by atoms with Crippen molar-refractivity contribution in [2.75, 3.05) is 13.1 Å². The second-order valence-corrected chi connectivity index (χ2v) is 7.20. The third kappa shape index (κ3) is 10.6. The molecule has 0 aliphatic carbocycles. The number of carboxylic acids is 2. The van der Waals surface area contributed by atoms with E-state index in [4.69, 9.17) is 21.7 Å². The molecule has 2 aromatic rings. The summed E-state index contributed by atoms with van der Waals surface area (Å²) >= 11 is 0. The highest BCUT2D eigenvalue weighted by Crippen LogP contribution is 2.13. The predicted octanol–water partition coefficient (Wildman–Crippen LogP) is -0.0780. The van der Waals surface area contributed by atoms with E-state index in [9.17, 15) is 19.2 Å². The van der Waals surface area contributed by atoms with Gasteiger partial charge >= 0.3 is 11.9 Å². The summed E-state index contributed by atoms with van der Waals surface area (Å²) in [7, 11) is 0. The van der Waals surface area contributed by atoms with E-state index in [-0.39, 0.29) is 63.2 Å². The van der Waals surface area contributed by atoms with Gasteiger partial charge in [-0.2, -0.15) is 0 Å². The van der Waals surface area contributed by atoms with Crippen LogP contribution < -0.4 is 11.5 Å². The highest BCUT2D eigenvalue weighted by Gasteiger charge is 2.22. The topological polar surface area (TPSA) is 218 Å². The average Bonchev–Trinajstić information content (AvgIpc) is 3.42. The number of carboxylic acid groups (broad SMARTS) is 2. The summed E-state index contributed by atoms with van der Waals surface area (Å²) in [6, 6.07) is 0. The monoisotopic (exact) mass is 450 g/mol. The summed E-state index contributed by atoms with van der Waals surface area (Å²) < 4.78 is 0. The summed E-state index contributed by atoms with van der Waals surface area (Å²) in [5.41, 5.74) is 11.9. The molecule has 2 aromatic heterocycles. The lowest BCUT2D eigenvalue weighted by Gasteiger charge is -2.09. The quantitative estimate of drug-likeness (QED) is 0.225. The number of carbonyl (C=O) groups excluding carboxylic acids is 2. The van der Waals surface area contributed by atoms with Gasteiger partial charge in [-0.15, -0.1) is 0 Å². The molecule has 0 saturated heterocycles. The molecule has 2 atom stereocenters. The van der Waals surface area contributed by atoms with Crippen molar-refractivity contribution in [3.05, 3.63) is 36.4 Å². The van der Waals surface area contributed by atoms with E-state index < -0.39 is 23.8 Å². The number of rotatable bonds is 14. The number of aromatic nitrogens is 4. The minimum Gasteiger partial charge on any atom is -0.481 e. The van der Waals surface area contributed by atoms with Gasteiger partial charge in [0.25, 0.3) is 0 Å². The lowest BCUT2D eigenvalue weighted by atomic mass is 9.96. The summed E-state index contributed by atoms with van der Waals surface area (Å²) in [5, 5.41) is 17.9. The van der Waals surface area contributed by atoms with Gasteiger partial charge in [-0.1, -0.05) is 0 Å². The fraction of sp³-hybridized carbons (Fsp3) is 0.500. The van der Waals surface area contributed by atoms with Gasteiger partial charge in [0.05, 0.1) is 24.5 Å². The van der Waals surface area contributed by atoms with E-state index in [1.54, 1.807) is 12.4 Å². The van der Waals surface area contributed by atoms with Crippen molar-refractivity contribution < 1.29 is 29.4 Å². The molecule has 32 heavy (non-hydrogen) atoms. The number of carbonyl (C=O) groups is 4. The van der Waals surface area contributed by atoms with Crippen LogP contribution >= 0.6 is 0 Å². The van der Waals surface area contributed by atoms with Gasteiger partial charge in [-0.25, -0.2) is 9.97 Å². The van der Waals surface area contributed by atoms with Gasteiger partial charge in [-0.3, -0.25) is 19.2 Å². The molecule has 0 radical (unpaired) electrons. The van der Waals surface area contributed by atoms with E-state index in [1.807, 2.05) is 0 Å². The standard InChI is InChI=1S/2C10H15N3O3/c2*11-2-1-9(14)4-7(10(15)16)3-8-5-12-6-13-8/h2*5-7H,1-4,11H2,(H,12,13)(H,15,16). The number of imidazole rings is 2. The second kappa shape index (κ2) is 14.6. The third-order valence-corrected chi connectivity index (χ3v) is 4.54. The summed E-state index contributed by atoms with van der Waals surface area (Å²) in [4.78, 5) is 57.8. The smallest absolute Gasteiger partial charge is 0.307 e. The molecule has 0 bridgehead atoms. The van der Waals surface area contributed by atoms with E-state index >= 15 is 0 Å². The van der Waals surface area contributed by atoms with Crippen LogP contribution in [0.3, 0.4) is 0 Å². The Bertz CT molecular complexity index is 767. The van der Waals surface area contributed by atoms with Crippen molar-refractivity contribution in [3.8, 4) is 0 Å². The Morgan fingerprint density at radius 1 is 0.781 bits per heavy atom. The molecule has 0 amide bonds. The minimum absolute atomic E-state index is 0.0194. The number of Topliss-reactive ketones (excluding diaryl/α,β-unsaturated/α-hetero) is 2. The van der Waals surface area contributed by atoms with E-state index in [2.05, 4.69) is 19.9 Å². The number of nitrogens with two attached hydrogens (primary N) is 2. The lowest BCUT2D eigenvalue weighted by Crippen LogP contribution is -2.21. The number of nitrogens with one attached hydrogen (secondary N) is 2. The predicted molar refractivity (Wildman–Crippen MR) is 113 cm³/mol. The van der Waals surface area contributed by atoms with Crippen LogP contribution in [0.4, 0.5) is 0 Å². The SMILES string of the molecule is NCCC(=O)CC(Cc1cnc[nH]1)C(=O)O.NCCC(=O)CC(Cc1cnc[nH]1)C(=O)O. The fourth-order valence-electron chi connectivity index (χ4n) is 2.89. The van der Waals surface area contributed by atoms with Gasteiger partial charge < -0.3 is 31.6 Å². The number of hydrogen-bond donors (Lipinski definition) is 6. The molecule has 0 aromatic carbocycles. The Balaban J connectivity index is 0.000000320. The molecule has 8 N–H and O–H groups in total. The van der Waals surface area contributed by atoms with Gasteiger partial charge in [0.2, 0.25) is 0 Å². The lowest BCUT2D eigenvalue weighted by molar-refractivity contribution is -0.144. The summed E-state index contributed by atoms with van der Waals surface area (Å²) in [6.07, 6.45) is 7.15. The van der Waals surface area contributed by atoms with Crippen LogP contribution in [0.5, 0.6) is 0 Å². The van der Waals surface area contributed by atoms with Gasteiger partial charge in [0.15, 0.2) is 0 Å². The first-order valence-corrected chi connectivity index (χ1v) is 10.1. The first kappa shape index (κ1) is 26.7. The second-order valence-electron chi connectivity index (χ2n) is 7.20. The van der Waals surface area contributed by atoms with E-state index in [0.29, 0.717) is 11.4 Å². The van der Waals surface area contributed by atoms with Gasteiger partial charge in [-0.05, 0) is 13.1 Å². The Morgan fingerprint density at radius 3 is 1.41 bits per heavy atom. The largest absolute Gasteiger partial charge is 0.481 e. The van der Waals surface area contributed by atoms with Crippen LogP contribution in [-0.4, -0.2) is 66.7 Å².